The van der Waals surface area contributed by atoms with Gasteiger partial charge in [-0.2, -0.15) is 5.10 Å². The summed E-state index contributed by atoms with van der Waals surface area (Å²) in [5, 5.41) is 17.3. The Morgan fingerprint density at radius 2 is 1.80 bits per heavy atom. The summed E-state index contributed by atoms with van der Waals surface area (Å²) >= 11 is 0. The van der Waals surface area contributed by atoms with E-state index >= 15 is 0 Å². The van der Waals surface area contributed by atoms with Crippen molar-refractivity contribution in [3.8, 4) is 34.3 Å². The van der Waals surface area contributed by atoms with Crippen molar-refractivity contribution in [3.05, 3.63) is 53.7 Å². The van der Waals surface area contributed by atoms with E-state index in [1.54, 1.807) is 18.3 Å². The lowest BCUT2D eigenvalue weighted by Crippen LogP contribution is -1.95. The lowest BCUT2D eigenvalue weighted by Gasteiger charge is -2.10. The number of H-pyrrole nitrogens is 1. The van der Waals surface area contributed by atoms with Crippen LogP contribution in [0.4, 0.5) is 0 Å². The van der Waals surface area contributed by atoms with Gasteiger partial charge in [0.05, 0.1) is 12.8 Å². The van der Waals surface area contributed by atoms with Crippen LogP contribution in [0, 0.1) is 13.8 Å². The Kier molecular flexibility index (Phi) is 4.93. The Labute approximate surface area is 147 Å². The summed E-state index contributed by atoms with van der Waals surface area (Å²) in [7, 11) is 0. The van der Waals surface area contributed by atoms with Gasteiger partial charge in [0.15, 0.2) is 5.75 Å². The van der Waals surface area contributed by atoms with E-state index in [2.05, 4.69) is 16.3 Å². The molecule has 0 bridgehead atoms. The van der Waals surface area contributed by atoms with Crippen LogP contribution in [-0.4, -0.2) is 21.9 Å². The minimum absolute atomic E-state index is 0.114. The molecule has 2 N–H and O–H groups in total. The maximum Gasteiger partial charge on any atom is 0.173 e. The third-order valence-corrected chi connectivity index (χ3v) is 3.74. The van der Waals surface area contributed by atoms with Crippen LogP contribution in [0.5, 0.6) is 23.0 Å². The Morgan fingerprint density at radius 1 is 1.04 bits per heavy atom. The average molecular weight is 338 g/mol. The minimum Gasteiger partial charge on any atom is -0.507 e. The predicted molar refractivity (Wildman–Crippen MR) is 97.5 cm³/mol. The Morgan fingerprint density at radius 3 is 2.48 bits per heavy atom. The van der Waals surface area contributed by atoms with Crippen molar-refractivity contribution in [3.63, 3.8) is 0 Å². The molecule has 1 aromatic heterocycles. The van der Waals surface area contributed by atoms with E-state index in [1.807, 2.05) is 39.0 Å². The zero-order valence-corrected chi connectivity index (χ0v) is 14.7. The van der Waals surface area contributed by atoms with E-state index in [-0.39, 0.29) is 5.75 Å². The summed E-state index contributed by atoms with van der Waals surface area (Å²) in [6.07, 6.45) is 2.52. The summed E-state index contributed by atoms with van der Waals surface area (Å²) in [6.45, 7) is 6.70. The summed E-state index contributed by atoms with van der Waals surface area (Å²) in [5.41, 5.74) is 3.49. The second-order valence-electron chi connectivity index (χ2n) is 6.06. The van der Waals surface area contributed by atoms with Crippen molar-refractivity contribution < 1.29 is 14.6 Å². The maximum absolute atomic E-state index is 10.4. The van der Waals surface area contributed by atoms with Crippen LogP contribution in [0.25, 0.3) is 11.3 Å². The zero-order valence-electron chi connectivity index (χ0n) is 14.7. The number of rotatable bonds is 6. The molecule has 0 amide bonds. The van der Waals surface area contributed by atoms with Gasteiger partial charge in [0.2, 0.25) is 0 Å². The molecule has 25 heavy (non-hydrogen) atoms. The number of ether oxygens (including phenoxy) is 2. The SMILES string of the molecule is CCCOc1ccc(-c2[nH]ncc2Oc2cc(C)cc(C)c2)c(O)c1. The van der Waals surface area contributed by atoms with Crippen molar-refractivity contribution in [1.82, 2.24) is 10.2 Å². The normalized spacial score (nSPS) is 10.7. The van der Waals surface area contributed by atoms with Gasteiger partial charge >= 0.3 is 0 Å². The lowest BCUT2D eigenvalue weighted by atomic mass is 10.1. The zero-order chi connectivity index (χ0) is 17.8. The van der Waals surface area contributed by atoms with Gasteiger partial charge < -0.3 is 14.6 Å². The number of aromatic amines is 1. The molecule has 1 heterocycles. The Balaban J connectivity index is 1.88. The second kappa shape index (κ2) is 7.30. The average Bonchev–Trinajstić information content (AvgIpc) is 3.00. The fraction of sp³-hybridized carbons (Fsp3) is 0.250. The number of nitrogens with zero attached hydrogens (tertiary/aromatic N) is 1. The molecule has 3 rings (SSSR count). The molecule has 130 valence electrons. The minimum atomic E-state index is 0.114. The maximum atomic E-state index is 10.4. The summed E-state index contributed by atoms with van der Waals surface area (Å²) in [5.74, 6) is 2.05. The van der Waals surface area contributed by atoms with Gasteiger partial charge in [-0.15, -0.1) is 0 Å². The fourth-order valence-electron chi connectivity index (χ4n) is 2.70. The molecule has 0 aliphatic carbocycles. The van der Waals surface area contributed by atoms with Crippen LogP contribution in [0.3, 0.4) is 0 Å². The molecule has 5 nitrogen and oxygen atoms in total. The number of benzene rings is 2. The Bertz CT molecular complexity index is 851. The smallest absolute Gasteiger partial charge is 0.173 e. The number of nitrogens with one attached hydrogen (secondary N) is 1. The summed E-state index contributed by atoms with van der Waals surface area (Å²) in [4.78, 5) is 0. The first-order valence-electron chi connectivity index (χ1n) is 8.32. The van der Waals surface area contributed by atoms with Gasteiger partial charge in [-0.05, 0) is 55.7 Å². The molecule has 5 heteroatoms. The van der Waals surface area contributed by atoms with Crippen molar-refractivity contribution in [2.45, 2.75) is 27.2 Å². The highest BCUT2D eigenvalue weighted by Crippen LogP contribution is 2.38. The van der Waals surface area contributed by atoms with Crippen molar-refractivity contribution in [1.29, 1.82) is 0 Å². The number of aryl methyl sites for hydroxylation is 2. The molecule has 0 aliphatic heterocycles. The quantitative estimate of drug-likeness (QED) is 0.665. The van der Waals surface area contributed by atoms with Crippen LogP contribution >= 0.6 is 0 Å². The molecular formula is C20H22N2O3. The first-order valence-corrected chi connectivity index (χ1v) is 8.32. The second-order valence-corrected chi connectivity index (χ2v) is 6.06. The number of hydrogen-bond donors (Lipinski definition) is 2. The number of aromatic hydroxyl groups is 1. The molecule has 0 radical (unpaired) electrons. The van der Waals surface area contributed by atoms with Crippen LogP contribution in [-0.2, 0) is 0 Å². The summed E-state index contributed by atoms with van der Waals surface area (Å²) in [6, 6.07) is 11.2. The van der Waals surface area contributed by atoms with Crippen LogP contribution in [0.15, 0.2) is 42.6 Å². The third kappa shape index (κ3) is 3.94. The van der Waals surface area contributed by atoms with E-state index in [1.165, 1.54) is 0 Å². The number of hydrogen-bond acceptors (Lipinski definition) is 4. The van der Waals surface area contributed by atoms with Crippen molar-refractivity contribution in [2.75, 3.05) is 6.61 Å². The van der Waals surface area contributed by atoms with E-state index in [4.69, 9.17) is 9.47 Å². The highest BCUT2D eigenvalue weighted by atomic mass is 16.5. The molecule has 0 unspecified atom stereocenters. The molecular weight excluding hydrogens is 316 g/mol. The van der Waals surface area contributed by atoms with Crippen molar-refractivity contribution >= 4 is 0 Å². The number of aromatic nitrogens is 2. The molecule has 2 aromatic carbocycles. The topological polar surface area (TPSA) is 67.4 Å². The standard InChI is InChI=1S/C20H22N2O3/c1-4-7-24-15-5-6-17(18(23)11-15)20-19(12-21-22-20)25-16-9-13(2)8-14(3)10-16/h5-6,8-12,23H,4,7H2,1-3H3,(H,21,22). The fourth-order valence-corrected chi connectivity index (χ4v) is 2.70. The van der Waals surface area contributed by atoms with Crippen LogP contribution < -0.4 is 9.47 Å². The van der Waals surface area contributed by atoms with E-state index < -0.39 is 0 Å². The van der Waals surface area contributed by atoms with Crippen molar-refractivity contribution in [2.24, 2.45) is 0 Å². The van der Waals surface area contributed by atoms with E-state index in [0.29, 0.717) is 29.4 Å². The van der Waals surface area contributed by atoms with E-state index in [9.17, 15) is 5.11 Å². The molecule has 0 atom stereocenters. The van der Waals surface area contributed by atoms with Gasteiger partial charge in [-0.1, -0.05) is 13.0 Å². The monoisotopic (exact) mass is 338 g/mol. The van der Waals surface area contributed by atoms with E-state index in [0.717, 1.165) is 23.3 Å². The number of phenolic OH excluding ortho intramolecular Hbond substituents is 1. The first kappa shape index (κ1) is 16.9. The van der Waals surface area contributed by atoms with Gasteiger partial charge in [0.25, 0.3) is 0 Å². The van der Waals surface area contributed by atoms with Gasteiger partial charge in [-0.3, -0.25) is 5.10 Å². The predicted octanol–water partition coefficient (Wildman–Crippen LogP) is 4.98. The highest BCUT2D eigenvalue weighted by Gasteiger charge is 2.15. The molecule has 0 fully saturated rings. The van der Waals surface area contributed by atoms with Crippen LogP contribution in [0.1, 0.15) is 24.5 Å². The summed E-state index contributed by atoms with van der Waals surface area (Å²) < 4.78 is 11.5. The van der Waals surface area contributed by atoms with Gasteiger partial charge in [0.1, 0.15) is 22.9 Å². The lowest BCUT2D eigenvalue weighted by molar-refractivity contribution is 0.315. The molecule has 0 aliphatic rings. The van der Waals surface area contributed by atoms with Gasteiger partial charge in [-0.25, -0.2) is 0 Å². The largest absolute Gasteiger partial charge is 0.507 e. The molecule has 0 spiro atoms. The number of phenols is 1. The molecule has 0 saturated carbocycles. The molecule has 0 saturated heterocycles. The van der Waals surface area contributed by atoms with Gasteiger partial charge in [0, 0.05) is 11.6 Å². The molecule has 3 aromatic rings. The highest BCUT2D eigenvalue weighted by molar-refractivity contribution is 5.73. The first-order chi connectivity index (χ1) is 12.1. The third-order valence-electron chi connectivity index (χ3n) is 3.74. The Hall–Kier alpha value is -2.95. The van der Waals surface area contributed by atoms with Crippen LogP contribution in [0.2, 0.25) is 0 Å².